The number of aromatic nitrogens is 3. The average Bonchev–Trinajstić information content (AvgIpc) is 3.51. The van der Waals surface area contributed by atoms with E-state index >= 15 is 4.39 Å². The molecule has 3 heterocycles. The van der Waals surface area contributed by atoms with E-state index in [0.29, 0.717) is 57.5 Å². The predicted molar refractivity (Wildman–Crippen MR) is 163 cm³/mol. The number of nitrogens with zero attached hydrogens (tertiary/aromatic N) is 3. The Morgan fingerprint density at radius 1 is 1.07 bits per heavy atom. The van der Waals surface area contributed by atoms with E-state index < -0.39 is 17.6 Å². The van der Waals surface area contributed by atoms with Crippen LogP contribution < -0.4 is 4.74 Å². The second kappa shape index (κ2) is 11.6. The van der Waals surface area contributed by atoms with Crippen LogP contribution in [0, 0.1) is 24.0 Å². The minimum atomic E-state index is -1.03. The number of aromatic carboxylic acids is 1. The van der Waals surface area contributed by atoms with Crippen molar-refractivity contribution < 1.29 is 28.2 Å². The van der Waals surface area contributed by atoms with Crippen molar-refractivity contribution in [3.05, 3.63) is 111 Å². The number of rotatable bonds is 8. The summed E-state index contributed by atoms with van der Waals surface area (Å²) in [6.07, 6.45) is 0.194. The molecule has 10 heteroatoms. The lowest BCUT2D eigenvalue weighted by Gasteiger charge is -2.28. The molecule has 0 spiro atoms. The molecule has 0 saturated carbocycles. The van der Waals surface area contributed by atoms with Gasteiger partial charge in [-0.05, 0) is 60.5 Å². The quantitative estimate of drug-likeness (QED) is 0.191. The maximum Gasteiger partial charge on any atom is 0.335 e. The number of carboxylic acids is 1. The number of imidazole rings is 1. The fourth-order valence-electron chi connectivity index (χ4n) is 5.69. The summed E-state index contributed by atoms with van der Waals surface area (Å²) in [5.41, 5.74) is 3.94. The van der Waals surface area contributed by atoms with Crippen molar-refractivity contribution in [3.8, 4) is 17.1 Å². The summed E-state index contributed by atoms with van der Waals surface area (Å²) in [6.45, 7) is 7.02. The molecular weight excluding hydrogens is 588 g/mol. The summed E-state index contributed by atoms with van der Waals surface area (Å²) in [5, 5.41) is 9.91. The molecule has 7 nitrogen and oxygen atoms in total. The largest absolute Gasteiger partial charge is 0.478 e. The molecule has 44 heavy (non-hydrogen) atoms. The maximum atomic E-state index is 15.8. The van der Waals surface area contributed by atoms with Crippen LogP contribution in [0.3, 0.4) is 0 Å². The van der Waals surface area contributed by atoms with E-state index in [9.17, 15) is 14.3 Å². The molecule has 1 saturated heterocycles. The second-order valence-electron chi connectivity index (χ2n) is 11.7. The van der Waals surface area contributed by atoms with Crippen molar-refractivity contribution in [2.45, 2.75) is 39.8 Å². The molecule has 3 aromatic carbocycles. The number of fused-ring (bicyclic) bond motifs is 1. The zero-order valence-corrected chi connectivity index (χ0v) is 25.2. The molecule has 0 radical (unpaired) electrons. The van der Waals surface area contributed by atoms with E-state index in [4.69, 9.17) is 26.1 Å². The molecule has 1 fully saturated rings. The molecular formula is C34H30ClF2N3O4. The minimum Gasteiger partial charge on any atom is -0.478 e. The molecule has 1 N–H and O–H groups in total. The van der Waals surface area contributed by atoms with Gasteiger partial charge in [0.2, 0.25) is 5.88 Å². The summed E-state index contributed by atoms with van der Waals surface area (Å²) in [5.74, 6) is -1.02. The van der Waals surface area contributed by atoms with Crippen LogP contribution in [0.4, 0.5) is 8.78 Å². The molecule has 1 atom stereocenters. The summed E-state index contributed by atoms with van der Waals surface area (Å²) in [7, 11) is 0. The molecule has 0 aliphatic carbocycles. The minimum absolute atomic E-state index is 0.0382. The van der Waals surface area contributed by atoms with E-state index in [1.807, 2.05) is 11.5 Å². The number of ether oxygens (including phenoxy) is 2. The molecule has 6 rings (SSSR count). The Hall–Kier alpha value is -4.34. The number of benzene rings is 3. The second-order valence-corrected chi connectivity index (χ2v) is 12.2. The van der Waals surface area contributed by atoms with E-state index in [1.54, 1.807) is 48.5 Å². The monoisotopic (exact) mass is 617 g/mol. The Morgan fingerprint density at radius 2 is 1.86 bits per heavy atom. The predicted octanol–water partition coefficient (Wildman–Crippen LogP) is 7.80. The van der Waals surface area contributed by atoms with Gasteiger partial charge in [-0.3, -0.25) is 0 Å². The number of hydrogen-bond acceptors (Lipinski definition) is 5. The fraction of sp³-hybridized carbons (Fsp3) is 0.265. The van der Waals surface area contributed by atoms with E-state index in [2.05, 4.69) is 18.8 Å². The average molecular weight is 618 g/mol. The van der Waals surface area contributed by atoms with Gasteiger partial charge in [-0.25, -0.2) is 23.5 Å². The van der Waals surface area contributed by atoms with Crippen molar-refractivity contribution in [3.63, 3.8) is 0 Å². The number of aryl methyl sites for hydroxylation is 1. The van der Waals surface area contributed by atoms with Crippen LogP contribution in [0.2, 0.25) is 5.02 Å². The summed E-state index contributed by atoms with van der Waals surface area (Å²) < 4.78 is 43.5. The standard InChI is InChI=1S/C34H30ClF2N3O4/c1-19-11-22(13-31-38-28-10-8-20(33(41)42)12-29(28)40(31)30-17-43-18-34(30,2)3)26(37)15-24(19)27-5-4-6-32(39-27)44-16-21-7-9-23(35)14-25(21)36/h4-12,14-15,30H,13,16-18H2,1-3H3,(H,41,42)/t30-/m1/s1. The van der Waals surface area contributed by atoms with Crippen molar-refractivity contribution in [1.82, 2.24) is 14.5 Å². The molecule has 1 aliphatic rings. The number of carbonyl (C=O) groups is 1. The SMILES string of the molecule is Cc1cc(Cc2nc3ccc(C(=O)O)cc3n2[C@@H]2COCC2(C)C)c(F)cc1-c1cccc(OCc2ccc(Cl)cc2F)n1. The highest BCUT2D eigenvalue weighted by Gasteiger charge is 2.39. The maximum absolute atomic E-state index is 15.8. The molecule has 2 aromatic heterocycles. The van der Waals surface area contributed by atoms with E-state index in [0.717, 1.165) is 5.56 Å². The van der Waals surface area contributed by atoms with Gasteiger partial charge in [-0.1, -0.05) is 43.6 Å². The summed E-state index contributed by atoms with van der Waals surface area (Å²) in [4.78, 5) is 21.1. The highest BCUT2D eigenvalue weighted by Crippen LogP contribution is 2.40. The van der Waals surface area contributed by atoms with Gasteiger partial charge in [0.25, 0.3) is 0 Å². The first-order chi connectivity index (χ1) is 21.0. The lowest BCUT2D eigenvalue weighted by atomic mass is 9.87. The van der Waals surface area contributed by atoms with Crippen LogP contribution >= 0.6 is 11.6 Å². The molecule has 226 valence electrons. The Kier molecular flexibility index (Phi) is 7.86. The molecule has 0 unspecified atom stereocenters. The number of halogens is 3. The van der Waals surface area contributed by atoms with Crippen LogP contribution in [-0.2, 0) is 17.8 Å². The Bertz CT molecular complexity index is 1910. The van der Waals surface area contributed by atoms with Gasteiger partial charge in [0.15, 0.2) is 0 Å². The zero-order chi connectivity index (χ0) is 31.2. The zero-order valence-electron chi connectivity index (χ0n) is 24.4. The van der Waals surface area contributed by atoms with Crippen LogP contribution in [0.5, 0.6) is 5.88 Å². The number of carboxylic acid groups (broad SMARTS) is 1. The summed E-state index contributed by atoms with van der Waals surface area (Å²) in [6, 6.07) is 17.5. The lowest BCUT2D eigenvalue weighted by molar-refractivity contribution is 0.0697. The first-order valence-electron chi connectivity index (χ1n) is 14.2. The fourth-order valence-corrected chi connectivity index (χ4v) is 5.85. The molecule has 0 bridgehead atoms. The van der Waals surface area contributed by atoms with Crippen LogP contribution in [0.15, 0.2) is 66.7 Å². The first-order valence-corrected chi connectivity index (χ1v) is 14.5. The van der Waals surface area contributed by atoms with Crippen LogP contribution in [-0.4, -0.2) is 38.8 Å². The molecule has 5 aromatic rings. The normalized spacial score (nSPS) is 16.0. The van der Waals surface area contributed by atoms with Gasteiger partial charge in [0.05, 0.1) is 41.5 Å². The molecule has 0 amide bonds. The van der Waals surface area contributed by atoms with Gasteiger partial charge in [0, 0.05) is 34.1 Å². The van der Waals surface area contributed by atoms with Gasteiger partial charge in [0.1, 0.15) is 24.1 Å². The van der Waals surface area contributed by atoms with Gasteiger partial charge < -0.3 is 19.1 Å². The first kappa shape index (κ1) is 29.7. The topological polar surface area (TPSA) is 86.5 Å². The highest BCUT2D eigenvalue weighted by atomic mass is 35.5. The van der Waals surface area contributed by atoms with Gasteiger partial charge >= 0.3 is 5.97 Å². The van der Waals surface area contributed by atoms with Crippen LogP contribution in [0.25, 0.3) is 22.3 Å². The lowest BCUT2D eigenvalue weighted by Crippen LogP contribution is -2.27. The Labute approximate surface area is 258 Å². The Morgan fingerprint density at radius 3 is 2.59 bits per heavy atom. The number of hydrogen-bond donors (Lipinski definition) is 1. The highest BCUT2D eigenvalue weighted by molar-refractivity contribution is 6.30. The third kappa shape index (κ3) is 5.77. The third-order valence-corrected chi connectivity index (χ3v) is 8.34. The summed E-state index contributed by atoms with van der Waals surface area (Å²) >= 11 is 5.84. The van der Waals surface area contributed by atoms with Gasteiger partial charge in [-0.2, -0.15) is 0 Å². The van der Waals surface area contributed by atoms with E-state index in [-0.39, 0.29) is 35.9 Å². The van der Waals surface area contributed by atoms with Gasteiger partial charge in [-0.15, -0.1) is 0 Å². The smallest absolute Gasteiger partial charge is 0.335 e. The number of pyridine rings is 1. The molecule has 1 aliphatic heterocycles. The van der Waals surface area contributed by atoms with Crippen molar-refractivity contribution in [2.24, 2.45) is 5.41 Å². The van der Waals surface area contributed by atoms with Crippen molar-refractivity contribution >= 4 is 28.6 Å². The third-order valence-electron chi connectivity index (χ3n) is 8.11. The van der Waals surface area contributed by atoms with Crippen LogP contribution in [0.1, 0.15) is 52.8 Å². The van der Waals surface area contributed by atoms with E-state index in [1.165, 1.54) is 18.2 Å². The van der Waals surface area contributed by atoms with Crippen molar-refractivity contribution in [1.29, 1.82) is 0 Å². The Balaban J connectivity index is 1.31. The van der Waals surface area contributed by atoms with Crippen molar-refractivity contribution in [2.75, 3.05) is 13.2 Å².